The van der Waals surface area contributed by atoms with Gasteiger partial charge in [-0.3, -0.25) is 0 Å². The minimum Gasteiger partial charge on any atom is -0.397 e. The smallest absolute Gasteiger partial charge is 0.0580 e. The van der Waals surface area contributed by atoms with Gasteiger partial charge in [0, 0.05) is 6.61 Å². The predicted molar refractivity (Wildman–Crippen MR) is 69.3 cm³/mol. The molecule has 90 valence electrons. The molecule has 1 aromatic carbocycles. The largest absolute Gasteiger partial charge is 0.397 e. The fourth-order valence-electron chi connectivity index (χ4n) is 1.89. The lowest BCUT2D eigenvalue weighted by molar-refractivity contribution is 0.282. The normalized spacial score (nSPS) is 10.6. The highest BCUT2D eigenvalue weighted by Gasteiger charge is 2.03. The number of benzene rings is 1. The first-order valence-electron chi connectivity index (χ1n) is 5.90. The predicted octanol–water partition coefficient (Wildman–Crippen LogP) is 2.25. The SMILES string of the molecule is Cc1cc(N)c(N)c(CCCCCCO)c1. The molecule has 0 saturated heterocycles. The van der Waals surface area contributed by atoms with Crippen LogP contribution in [0, 0.1) is 6.92 Å². The van der Waals surface area contributed by atoms with Crippen LogP contribution in [0.3, 0.4) is 0 Å². The Morgan fingerprint density at radius 2 is 1.75 bits per heavy atom. The van der Waals surface area contributed by atoms with Gasteiger partial charge in [0.05, 0.1) is 11.4 Å². The molecular formula is C13H22N2O. The molecule has 0 amide bonds. The van der Waals surface area contributed by atoms with Crippen molar-refractivity contribution in [3.8, 4) is 0 Å². The van der Waals surface area contributed by atoms with Crippen LogP contribution in [0.15, 0.2) is 12.1 Å². The first kappa shape index (κ1) is 12.8. The lowest BCUT2D eigenvalue weighted by Gasteiger charge is -2.09. The number of nitrogens with two attached hydrogens (primary N) is 2. The van der Waals surface area contributed by atoms with Gasteiger partial charge in [-0.15, -0.1) is 0 Å². The molecule has 0 aliphatic rings. The van der Waals surface area contributed by atoms with Gasteiger partial charge in [-0.1, -0.05) is 18.9 Å². The van der Waals surface area contributed by atoms with Gasteiger partial charge in [0.1, 0.15) is 0 Å². The maximum atomic E-state index is 8.66. The van der Waals surface area contributed by atoms with Gasteiger partial charge in [-0.2, -0.15) is 0 Å². The summed E-state index contributed by atoms with van der Waals surface area (Å²) in [4.78, 5) is 0. The third-order valence-corrected chi connectivity index (χ3v) is 2.80. The summed E-state index contributed by atoms with van der Waals surface area (Å²) in [5.74, 6) is 0. The van der Waals surface area contributed by atoms with Crippen LogP contribution in [-0.2, 0) is 6.42 Å². The summed E-state index contributed by atoms with van der Waals surface area (Å²) < 4.78 is 0. The summed E-state index contributed by atoms with van der Waals surface area (Å²) in [6.07, 6.45) is 5.19. The molecule has 0 atom stereocenters. The zero-order chi connectivity index (χ0) is 12.0. The van der Waals surface area contributed by atoms with E-state index in [1.54, 1.807) is 0 Å². The van der Waals surface area contributed by atoms with Crippen molar-refractivity contribution in [1.82, 2.24) is 0 Å². The van der Waals surface area contributed by atoms with Crippen LogP contribution in [-0.4, -0.2) is 11.7 Å². The van der Waals surface area contributed by atoms with Crippen molar-refractivity contribution in [2.75, 3.05) is 18.1 Å². The minimum absolute atomic E-state index is 0.291. The summed E-state index contributed by atoms with van der Waals surface area (Å²) in [5, 5.41) is 8.66. The van der Waals surface area contributed by atoms with Crippen molar-refractivity contribution < 1.29 is 5.11 Å². The molecule has 0 spiro atoms. The maximum absolute atomic E-state index is 8.66. The Morgan fingerprint density at radius 3 is 2.44 bits per heavy atom. The van der Waals surface area contributed by atoms with Crippen LogP contribution in [0.2, 0.25) is 0 Å². The van der Waals surface area contributed by atoms with E-state index < -0.39 is 0 Å². The summed E-state index contributed by atoms with van der Waals surface area (Å²) in [7, 11) is 0. The van der Waals surface area contributed by atoms with E-state index in [0.717, 1.165) is 48.9 Å². The minimum atomic E-state index is 0.291. The highest BCUT2D eigenvalue weighted by Crippen LogP contribution is 2.23. The third-order valence-electron chi connectivity index (χ3n) is 2.80. The number of aryl methyl sites for hydroxylation is 2. The van der Waals surface area contributed by atoms with Crippen molar-refractivity contribution in [3.05, 3.63) is 23.3 Å². The second-order valence-electron chi connectivity index (χ2n) is 4.31. The highest BCUT2D eigenvalue weighted by molar-refractivity contribution is 5.68. The summed E-state index contributed by atoms with van der Waals surface area (Å²) in [6.45, 7) is 2.32. The first-order chi connectivity index (χ1) is 7.65. The molecule has 16 heavy (non-hydrogen) atoms. The second-order valence-corrected chi connectivity index (χ2v) is 4.31. The molecule has 0 bridgehead atoms. The molecule has 3 heteroatoms. The summed E-state index contributed by atoms with van der Waals surface area (Å²) >= 11 is 0. The molecule has 0 heterocycles. The van der Waals surface area contributed by atoms with Gasteiger partial charge in [-0.25, -0.2) is 0 Å². The molecule has 0 aliphatic heterocycles. The van der Waals surface area contributed by atoms with Crippen molar-refractivity contribution in [2.45, 2.75) is 39.0 Å². The van der Waals surface area contributed by atoms with E-state index in [1.807, 2.05) is 13.0 Å². The van der Waals surface area contributed by atoms with Gasteiger partial charge in [-0.05, 0) is 43.4 Å². The molecule has 1 rings (SSSR count). The van der Waals surface area contributed by atoms with E-state index in [2.05, 4.69) is 6.07 Å². The first-order valence-corrected chi connectivity index (χ1v) is 5.90. The van der Waals surface area contributed by atoms with E-state index in [1.165, 1.54) is 0 Å². The molecule has 0 aliphatic carbocycles. The van der Waals surface area contributed by atoms with Crippen LogP contribution in [0.5, 0.6) is 0 Å². The summed E-state index contributed by atoms with van der Waals surface area (Å²) in [5.41, 5.74) is 15.5. The molecule has 0 saturated carbocycles. The fourth-order valence-corrected chi connectivity index (χ4v) is 1.89. The van der Waals surface area contributed by atoms with Crippen molar-refractivity contribution >= 4 is 11.4 Å². The van der Waals surface area contributed by atoms with Crippen LogP contribution < -0.4 is 11.5 Å². The molecular weight excluding hydrogens is 200 g/mol. The third kappa shape index (κ3) is 3.74. The highest BCUT2D eigenvalue weighted by atomic mass is 16.2. The summed E-state index contributed by atoms with van der Waals surface area (Å²) in [6, 6.07) is 4.02. The Morgan fingerprint density at radius 1 is 1.06 bits per heavy atom. The Labute approximate surface area is 97.5 Å². The topological polar surface area (TPSA) is 72.3 Å². The lowest BCUT2D eigenvalue weighted by Crippen LogP contribution is -2.01. The number of hydrogen-bond donors (Lipinski definition) is 3. The number of aliphatic hydroxyl groups is 1. The molecule has 3 nitrogen and oxygen atoms in total. The lowest BCUT2D eigenvalue weighted by atomic mass is 10.0. The van der Waals surface area contributed by atoms with E-state index >= 15 is 0 Å². The van der Waals surface area contributed by atoms with E-state index in [-0.39, 0.29) is 0 Å². The molecule has 1 aromatic rings. The Kier molecular flexibility index (Phi) is 5.12. The average molecular weight is 222 g/mol. The number of unbranched alkanes of at least 4 members (excludes halogenated alkanes) is 3. The fraction of sp³-hybridized carbons (Fsp3) is 0.538. The number of anilines is 2. The van der Waals surface area contributed by atoms with Gasteiger partial charge in [0.25, 0.3) is 0 Å². The van der Waals surface area contributed by atoms with Crippen molar-refractivity contribution in [2.24, 2.45) is 0 Å². The van der Waals surface area contributed by atoms with Crippen molar-refractivity contribution in [3.63, 3.8) is 0 Å². The molecule has 0 radical (unpaired) electrons. The molecule has 5 N–H and O–H groups in total. The number of aliphatic hydroxyl groups excluding tert-OH is 1. The second kappa shape index (κ2) is 6.38. The molecule has 0 fully saturated rings. The Hall–Kier alpha value is -1.22. The molecule has 0 aromatic heterocycles. The van der Waals surface area contributed by atoms with Gasteiger partial charge in [0.2, 0.25) is 0 Å². The Balaban J connectivity index is 2.47. The zero-order valence-electron chi connectivity index (χ0n) is 10.00. The average Bonchev–Trinajstić information content (AvgIpc) is 2.24. The van der Waals surface area contributed by atoms with E-state index in [0.29, 0.717) is 12.3 Å². The quantitative estimate of drug-likeness (QED) is 0.510. The van der Waals surface area contributed by atoms with E-state index in [9.17, 15) is 0 Å². The van der Waals surface area contributed by atoms with Crippen LogP contribution in [0.4, 0.5) is 11.4 Å². The Bertz CT molecular complexity index is 337. The number of nitrogen functional groups attached to an aromatic ring is 2. The zero-order valence-corrected chi connectivity index (χ0v) is 10.00. The van der Waals surface area contributed by atoms with Crippen molar-refractivity contribution in [1.29, 1.82) is 0 Å². The monoisotopic (exact) mass is 222 g/mol. The van der Waals surface area contributed by atoms with Crippen LogP contribution in [0.1, 0.15) is 36.8 Å². The van der Waals surface area contributed by atoms with Gasteiger partial charge in [0.15, 0.2) is 0 Å². The standard InChI is InChI=1S/C13H22N2O/c1-10-8-11(13(15)12(14)9-10)6-4-2-3-5-7-16/h8-9,16H,2-7,14-15H2,1H3. The molecule has 0 unspecified atom stereocenters. The maximum Gasteiger partial charge on any atom is 0.0580 e. The van der Waals surface area contributed by atoms with Crippen LogP contribution in [0.25, 0.3) is 0 Å². The van der Waals surface area contributed by atoms with Crippen LogP contribution >= 0.6 is 0 Å². The van der Waals surface area contributed by atoms with Gasteiger partial charge >= 0.3 is 0 Å². The number of rotatable bonds is 6. The van der Waals surface area contributed by atoms with E-state index in [4.69, 9.17) is 16.6 Å². The van der Waals surface area contributed by atoms with Gasteiger partial charge < -0.3 is 16.6 Å². The number of hydrogen-bond acceptors (Lipinski definition) is 3.